The van der Waals surface area contributed by atoms with E-state index in [0.717, 1.165) is 19.2 Å². The van der Waals surface area contributed by atoms with Crippen LogP contribution in [-0.4, -0.2) is 54.3 Å². The zero-order valence-electron chi connectivity index (χ0n) is 10.4. The van der Waals surface area contributed by atoms with E-state index in [-0.39, 0.29) is 6.61 Å². The highest BCUT2D eigenvalue weighted by Gasteiger charge is 2.33. The van der Waals surface area contributed by atoms with Crippen molar-refractivity contribution in [1.82, 2.24) is 9.88 Å². The van der Waals surface area contributed by atoms with E-state index in [9.17, 15) is 13.2 Å². The van der Waals surface area contributed by atoms with Crippen LogP contribution in [-0.2, 0) is 6.18 Å². The van der Waals surface area contributed by atoms with Gasteiger partial charge in [-0.25, -0.2) is 0 Å². The Bertz CT molecular complexity index is 417. The number of anilines is 1. The van der Waals surface area contributed by atoms with Gasteiger partial charge in [-0.2, -0.15) is 13.2 Å². The number of alkyl halides is 3. The molecule has 0 bridgehead atoms. The van der Waals surface area contributed by atoms with Crippen LogP contribution in [0.2, 0.25) is 0 Å². The monoisotopic (exact) mass is 275 g/mol. The largest absolute Gasteiger partial charge is 0.433 e. The molecule has 0 atom stereocenters. The first-order chi connectivity index (χ1) is 9.00. The second-order valence-corrected chi connectivity index (χ2v) is 4.45. The number of aliphatic hydroxyl groups excluding tert-OH is 1. The molecule has 0 saturated carbocycles. The van der Waals surface area contributed by atoms with Gasteiger partial charge in [-0.1, -0.05) is 0 Å². The van der Waals surface area contributed by atoms with Crippen LogP contribution in [0, 0.1) is 0 Å². The number of aliphatic hydroxyl groups is 1. The first-order valence-corrected chi connectivity index (χ1v) is 6.12. The molecule has 2 heterocycles. The number of β-amino-alcohol motifs (C(OH)–C–C–N with tert-alkyl or cyclic N) is 1. The Morgan fingerprint density at radius 2 is 1.89 bits per heavy atom. The summed E-state index contributed by atoms with van der Waals surface area (Å²) in [5, 5.41) is 8.84. The molecule has 0 unspecified atom stereocenters. The first-order valence-electron chi connectivity index (χ1n) is 6.12. The Morgan fingerprint density at radius 3 is 2.47 bits per heavy atom. The minimum absolute atomic E-state index is 0.105. The molecule has 2 rings (SSSR count). The van der Waals surface area contributed by atoms with E-state index in [1.807, 2.05) is 4.90 Å². The molecule has 19 heavy (non-hydrogen) atoms. The lowest BCUT2D eigenvalue weighted by Gasteiger charge is -2.35. The molecular formula is C12H16F3N3O. The molecule has 0 aliphatic carbocycles. The third kappa shape index (κ3) is 3.57. The minimum atomic E-state index is -4.41. The Hall–Kier alpha value is -1.34. The van der Waals surface area contributed by atoms with Crippen molar-refractivity contribution in [2.75, 3.05) is 44.2 Å². The van der Waals surface area contributed by atoms with Crippen molar-refractivity contribution in [3.05, 3.63) is 24.0 Å². The van der Waals surface area contributed by atoms with Crippen LogP contribution >= 0.6 is 0 Å². The SMILES string of the molecule is OCCN1CCN(c2ccnc(C(F)(F)F)c2)CC1. The van der Waals surface area contributed by atoms with E-state index >= 15 is 0 Å². The number of rotatable bonds is 3. The van der Waals surface area contributed by atoms with E-state index in [0.29, 0.717) is 25.3 Å². The number of aromatic nitrogens is 1. The fraction of sp³-hybridized carbons (Fsp3) is 0.583. The van der Waals surface area contributed by atoms with Crippen LogP contribution in [0.15, 0.2) is 18.3 Å². The number of nitrogens with zero attached hydrogens (tertiary/aromatic N) is 3. The van der Waals surface area contributed by atoms with Gasteiger partial charge in [0.2, 0.25) is 0 Å². The van der Waals surface area contributed by atoms with E-state index in [1.54, 1.807) is 6.07 Å². The van der Waals surface area contributed by atoms with Gasteiger partial charge in [-0.15, -0.1) is 0 Å². The lowest BCUT2D eigenvalue weighted by Crippen LogP contribution is -2.47. The van der Waals surface area contributed by atoms with Gasteiger partial charge in [0.05, 0.1) is 6.61 Å². The molecular weight excluding hydrogens is 259 g/mol. The van der Waals surface area contributed by atoms with Gasteiger partial charge in [-0.05, 0) is 12.1 Å². The van der Waals surface area contributed by atoms with Crippen LogP contribution < -0.4 is 4.90 Å². The standard InChI is InChI=1S/C12H16F3N3O/c13-12(14,15)11-9-10(1-2-16-11)18-5-3-17(4-6-18)7-8-19/h1-2,9,19H,3-8H2. The number of halogens is 3. The van der Waals surface area contributed by atoms with Gasteiger partial charge in [0, 0.05) is 44.6 Å². The Morgan fingerprint density at radius 1 is 1.21 bits per heavy atom. The topological polar surface area (TPSA) is 39.6 Å². The highest BCUT2D eigenvalue weighted by Crippen LogP contribution is 2.30. The van der Waals surface area contributed by atoms with Crippen molar-refractivity contribution < 1.29 is 18.3 Å². The second-order valence-electron chi connectivity index (χ2n) is 4.45. The molecule has 106 valence electrons. The minimum Gasteiger partial charge on any atom is -0.395 e. The maximum atomic E-state index is 12.6. The quantitative estimate of drug-likeness (QED) is 0.900. The summed E-state index contributed by atoms with van der Waals surface area (Å²) in [6.45, 7) is 3.50. The Balaban J connectivity index is 2.03. The average molecular weight is 275 g/mol. The highest BCUT2D eigenvalue weighted by molar-refractivity contribution is 5.47. The van der Waals surface area contributed by atoms with Crippen molar-refractivity contribution >= 4 is 5.69 Å². The molecule has 1 aromatic rings. The third-order valence-corrected chi connectivity index (χ3v) is 3.19. The molecule has 1 fully saturated rings. The van der Waals surface area contributed by atoms with Gasteiger partial charge >= 0.3 is 6.18 Å². The predicted octanol–water partition coefficient (Wildman–Crippen LogP) is 1.21. The average Bonchev–Trinajstić information content (AvgIpc) is 2.39. The van der Waals surface area contributed by atoms with Gasteiger partial charge in [0.1, 0.15) is 5.69 Å². The van der Waals surface area contributed by atoms with Crippen LogP contribution in [0.25, 0.3) is 0 Å². The van der Waals surface area contributed by atoms with Crippen molar-refractivity contribution in [1.29, 1.82) is 0 Å². The van der Waals surface area contributed by atoms with E-state index in [2.05, 4.69) is 9.88 Å². The van der Waals surface area contributed by atoms with Crippen LogP contribution in [0.4, 0.5) is 18.9 Å². The van der Waals surface area contributed by atoms with Crippen LogP contribution in [0.3, 0.4) is 0 Å². The second kappa shape index (κ2) is 5.75. The Labute approximate surface area is 109 Å². The summed E-state index contributed by atoms with van der Waals surface area (Å²) in [5.41, 5.74) is -0.311. The van der Waals surface area contributed by atoms with Crippen LogP contribution in [0.1, 0.15) is 5.69 Å². The lowest BCUT2D eigenvalue weighted by atomic mass is 10.2. The lowest BCUT2D eigenvalue weighted by molar-refractivity contribution is -0.141. The number of piperazine rings is 1. The summed E-state index contributed by atoms with van der Waals surface area (Å²) in [6.07, 6.45) is -3.22. The fourth-order valence-corrected chi connectivity index (χ4v) is 2.14. The van der Waals surface area contributed by atoms with Gasteiger partial charge in [0.15, 0.2) is 0 Å². The Kier molecular flexibility index (Phi) is 4.26. The van der Waals surface area contributed by atoms with Gasteiger partial charge < -0.3 is 10.0 Å². The zero-order chi connectivity index (χ0) is 13.9. The normalized spacial score (nSPS) is 17.8. The summed E-state index contributed by atoms with van der Waals surface area (Å²) in [7, 11) is 0. The molecule has 1 N–H and O–H groups in total. The zero-order valence-corrected chi connectivity index (χ0v) is 10.4. The summed E-state index contributed by atoms with van der Waals surface area (Å²) in [6, 6.07) is 2.68. The fourth-order valence-electron chi connectivity index (χ4n) is 2.14. The first kappa shape index (κ1) is 14.1. The van der Waals surface area contributed by atoms with E-state index in [4.69, 9.17) is 5.11 Å². The van der Waals surface area contributed by atoms with Gasteiger partial charge in [-0.3, -0.25) is 9.88 Å². The van der Waals surface area contributed by atoms with Crippen molar-refractivity contribution in [2.24, 2.45) is 0 Å². The van der Waals surface area contributed by atoms with Crippen molar-refractivity contribution in [3.63, 3.8) is 0 Å². The number of hydrogen-bond acceptors (Lipinski definition) is 4. The third-order valence-electron chi connectivity index (χ3n) is 3.19. The smallest absolute Gasteiger partial charge is 0.395 e. The van der Waals surface area contributed by atoms with Crippen molar-refractivity contribution in [2.45, 2.75) is 6.18 Å². The molecule has 1 aliphatic heterocycles. The molecule has 1 aliphatic rings. The number of hydrogen-bond donors (Lipinski definition) is 1. The molecule has 4 nitrogen and oxygen atoms in total. The molecule has 0 amide bonds. The predicted molar refractivity (Wildman–Crippen MR) is 65.0 cm³/mol. The van der Waals surface area contributed by atoms with Crippen LogP contribution in [0.5, 0.6) is 0 Å². The molecule has 0 spiro atoms. The van der Waals surface area contributed by atoms with Gasteiger partial charge in [0.25, 0.3) is 0 Å². The highest BCUT2D eigenvalue weighted by atomic mass is 19.4. The maximum Gasteiger partial charge on any atom is 0.433 e. The van der Waals surface area contributed by atoms with E-state index in [1.165, 1.54) is 6.20 Å². The summed E-state index contributed by atoms with van der Waals surface area (Å²) in [4.78, 5) is 7.35. The van der Waals surface area contributed by atoms with Crippen molar-refractivity contribution in [3.8, 4) is 0 Å². The number of pyridine rings is 1. The summed E-state index contributed by atoms with van der Waals surface area (Å²) >= 11 is 0. The van der Waals surface area contributed by atoms with E-state index < -0.39 is 11.9 Å². The summed E-state index contributed by atoms with van der Waals surface area (Å²) in [5.74, 6) is 0. The molecule has 1 aromatic heterocycles. The molecule has 0 aromatic carbocycles. The molecule has 0 radical (unpaired) electrons. The molecule has 7 heteroatoms. The summed E-state index contributed by atoms with van der Waals surface area (Å²) < 4.78 is 37.7. The maximum absolute atomic E-state index is 12.6. The molecule has 1 saturated heterocycles.